The Balaban J connectivity index is 1.23. The first kappa shape index (κ1) is 21.9. The van der Waals surface area contributed by atoms with Crippen molar-refractivity contribution in [1.82, 2.24) is 24.4 Å². The highest BCUT2D eigenvalue weighted by atomic mass is 16.5. The van der Waals surface area contributed by atoms with Crippen molar-refractivity contribution in [3.05, 3.63) is 59.7 Å². The van der Waals surface area contributed by atoms with Gasteiger partial charge in [0.1, 0.15) is 12.4 Å². The molecule has 5 rings (SSSR count). The fourth-order valence-electron chi connectivity index (χ4n) is 4.67. The van der Waals surface area contributed by atoms with Crippen LogP contribution in [0.15, 0.2) is 42.7 Å². The molecule has 0 saturated carbocycles. The lowest BCUT2D eigenvalue weighted by Crippen LogP contribution is -2.44. The van der Waals surface area contributed by atoms with Crippen molar-refractivity contribution in [2.45, 2.75) is 25.2 Å². The lowest BCUT2D eigenvalue weighted by atomic mass is 9.96. The molecule has 2 aliphatic rings. The number of likely N-dealkylation sites (tertiary alicyclic amines) is 1. The Morgan fingerprint density at radius 3 is 2.62 bits per heavy atom. The molecule has 2 aromatic heterocycles. The number of piperidine rings is 1. The first-order valence-corrected chi connectivity index (χ1v) is 11.4. The quantitative estimate of drug-likeness (QED) is 0.580. The van der Waals surface area contributed by atoms with Gasteiger partial charge in [-0.2, -0.15) is 0 Å². The van der Waals surface area contributed by atoms with Crippen LogP contribution in [-0.2, 0) is 16.0 Å². The van der Waals surface area contributed by atoms with Crippen molar-refractivity contribution in [2.24, 2.45) is 0 Å². The van der Waals surface area contributed by atoms with Crippen LogP contribution in [0.5, 0.6) is 11.5 Å². The van der Waals surface area contributed by atoms with Crippen molar-refractivity contribution >= 4 is 23.5 Å². The highest BCUT2D eigenvalue weighted by molar-refractivity contribution is 5.89. The summed E-state index contributed by atoms with van der Waals surface area (Å²) in [5.74, 6) is 2.20. The number of pyridine rings is 1. The van der Waals surface area contributed by atoms with E-state index in [1.54, 1.807) is 20.4 Å². The van der Waals surface area contributed by atoms with Crippen LogP contribution in [0.25, 0.3) is 11.7 Å². The number of rotatable bonds is 5. The fourth-order valence-corrected chi connectivity index (χ4v) is 4.67. The highest BCUT2D eigenvalue weighted by Crippen LogP contribution is 2.33. The van der Waals surface area contributed by atoms with Gasteiger partial charge in [-0.1, -0.05) is 6.07 Å². The van der Waals surface area contributed by atoms with E-state index in [1.165, 1.54) is 4.90 Å². The zero-order valence-electron chi connectivity index (χ0n) is 19.3. The van der Waals surface area contributed by atoms with Gasteiger partial charge in [0.15, 0.2) is 17.1 Å². The van der Waals surface area contributed by atoms with E-state index in [2.05, 4.69) is 10.2 Å². The minimum absolute atomic E-state index is 0.0239. The largest absolute Gasteiger partial charge is 0.493 e. The molecule has 2 aliphatic heterocycles. The van der Waals surface area contributed by atoms with Crippen molar-refractivity contribution in [1.29, 1.82) is 0 Å². The monoisotopic (exact) mass is 461 g/mol. The Hall–Kier alpha value is -3.88. The molecule has 3 aromatic rings. The van der Waals surface area contributed by atoms with Gasteiger partial charge in [-0.15, -0.1) is 10.2 Å². The predicted molar refractivity (Wildman–Crippen MR) is 126 cm³/mol. The number of nitrogens with zero attached hydrogens (tertiary/aromatic N) is 5. The second-order valence-corrected chi connectivity index (χ2v) is 8.56. The molecule has 0 unspecified atom stereocenters. The molecule has 0 radical (unpaired) electrons. The third-order valence-corrected chi connectivity index (χ3v) is 6.60. The van der Waals surface area contributed by atoms with Gasteiger partial charge >= 0.3 is 0 Å². The minimum atomic E-state index is -0.125. The maximum absolute atomic E-state index is 13.0. The van der Waals surface area contributed by atoms with E-state index in [0.717, 1.165) is 35.4 Å². The summed E-state index contributed by atoms with van der Waals surface area (Å²) in [6.07, 6.45) is 7.33. The van der Waals surface area contributed by atoms with E-state index in [-0.39, 0.29) is 30.7 Å². The molecule has 9 nitrogen and oxygen atoms in total. The van der Waals surface area contributed by atoms with Crippen LogP contribution in [0.2, 0.25) is 0 Å². The van der Waals surface area contributed by atoms with Crippen LogP contribution in [0.3, 0.4) is 0 Å². The number of amides is 2. The molecule has 0 N–H and O–H groups in total. The summed E-state index contributed by atoms with van der Waals surface area (Å²) in [7, 11) is 3.15. The average molecular weight is 462 g/mol. The van der Waals surface area contributed by atoms with Crippen LogP contribution >= 0.6 is 0 Å². The molecule has 1 aromatic carbocycles. The van der Waals surface area contributed by atoms with Gasteiger partial charge in [0.05, 0.1) is 20.6 Å². The summed E-state index contributed by atoms with van der Waals surface area (Å²) in [6, 6.07) is 9.52. The van der Waals surface area contributed by atoms with Gasteiger partial charge in [-0.05, 0) is 54.3 Å². The van der Waals surface area contributed by atoms with E-state index in [1.807, 2.05) is 51.9 Å². The number of aromatic nitrogens is 3. The molecule has 0 spiro atoms. The third kappa shape index (κ3) is 4.09. The maximum atomic E-state index is 13.0. The van der Waals surface area contributed by atoms with Gasteiger partial charge in [0.25, 0.3) is 0 Å². The second-order valence-electron chi connectivity index (χ2n) is 8.56. The highest BCUT2D eigenvalue weighted by Gasteiger charge is 2.29. The van der Waals surface area contributed by atoms with E-state index >= 15 is 0 Å². The lowest BCUT2D eigenvalue weighted by molar-refractivity contribution is -0.138. The number of hydrogen-bond donors (Lipinski definition) is 0. The van der Waals surface area contributed by atoms with Crippen LogP contribution in [0.4, 0.5) is 0 Å². The molecule has 9 heteroatoms. The number of ether oxygens (including phenoxy) is 2. The number of fused-ring (bicyclic) bond motifs is 2. The normalized spacial score (nSPS) is 16.5. The van der Waals surface area contributed by atoms with Crippen LogP contribution in [0.1, 0.15) is 35.7 Å². The number of hydrogen-bond acceptors (Lipinski definition) is 6. The van der Waals surface area contributed by atoms with E-state index in [4.69, 9.17) is 9.47 Å². The molecule has 2 amide bonds. The second kappa shape index (κ2) is 9.17. The summed E-state index contributed by atoms with van der Waals surface area (Å²) in [6.45, 7) is 1.29. The lowest BCUT2D eigenvalue weighted by Gasteiger charge is -2.32. The summed E-state index contributed by atoms with van der Waals surface area (Å²) in [4.78, 5) is 29.3. The molecule has 176 valence electrons. The van der Waals surface area contributed by atoms with Gasteiger partial charge in [0, 0.05) is 31.4 Å². The number of benzene rings is 1. The fraction of sp³-hybridized carbons (Fsp3) is 0.360. The van der Waals surface area contributed by atoms with E-state index in [9.17, 15) is 9.59 Å². The molecule has 0 atom stereocenters. The number of carbonyl (C=O) groups excluding carboxylic acids is 2. The molecule has 1 fully saturated rings. The summed E-state index contributed by atoms with van der Waals surface area (Å²) in [5, 5.41) is 8.62. The SMILES string of the molecule is COc1cc2c(cc1OC)CC(=O)N(CC(=O)N1CCC(c3nnc4ccccn34)CC1)C=C2. The molecule has 0 bridgehead atoms. The summed E-state index contributed by atoms with van der Waals surface area (Å²) in [5.41, 5.74) is 2.55. The van der Waals surface area contributed by atoms with Gasteiger partial charge in [-0.25, -0.2) is 0 Å². The first-order chi connectivity index (χ1) is 16.6. The minimum Gasteiger partial charge on any atom is -0.493 e. The molecular weight excluding hydrogens is 434 g/mol. The average Bonchev–Trinajstić information content (AvgIpc) is 3.24. The summed E-state index contributed by atoms with van der Waals surface area (Å²) < 4.78 is 12.8. The van der Waals surface area contributed by atoms with E-state index < -0.39 is 0 Å². The maximum Gasteiger partial charge on any atom is 0.242 e. The molecule has 34 heavy (non-hydrogen) atoms. The van der Waals surface area contributed by atoms with Gasteiger partial charge in [-0.3, -0.25) is 14.0 Å². The standard InChI is InChI=1S/C25H27N5O4/c1-33-20-13-18-8-12-29(23(31)15-19(18)14-21(20)34-2)16-24(32)28-10-6-17(7-11-28)25-27-26-22-5-3-4-9-30(22)25/h3-5,8-9,12-14,17H,6-7,10-11,15-16H2,1-2H3. The first-order valence-electron chi connectivity index (χ1n) is 11.4. The third-order valence-electron chi connectivity index (χ3n) is 6.60. The van der Waals surface area contributed by atoms with Crippen molar-refractivity contribution < 1.29 is 19.1 Å². The van der Waals surface area contributed by atoms with Crippen LogP contribution in [-0.4, -0.2) is 70.1 Å². The molecule has 4 heterocycles. The number of carbonyl (C=O) groups is 2. The molecular formula is C25H27N5O4. The zero-order valence-corrected chi connectivity index (χ0v) is 19.3. The van der Waals surface area contributed by atoms with Crippen molar-refractivity contribution in [3.63, 3.8) is 0 Å². The van der Waals surface area contributed by atoms with Crippen LogP contribution in [0, 0.1) is 0 Å². The summed E-state index contributed by atoms with van der Waals surface area (Å²) >= 11 is 0. The Morgan fingerprint density at radius 1 is 1.09 bits per heavy atom. The van der Waals surface area contributed by atoms with Crippen LogP contribution < -0.4 is 9.47 Å². The van der Waals surface area contributed by atoms with Gasteiger partial charge < -0.3 is 19.3 Å². The van der Waals surface area contributed by atoms with Crippen molar-refractivity contribution in [3.8, 4) is 11.5 Å². The topological polar surface area (TPSA) is 89.3 Å². The Labute approximate surface area is 197 Å². The predicted octanol–water partition coefficient (Wildman–Crippen LogP) is 2.51. The van der Waals surface area contributed by atoms with Gasteiger partial charge in [0.2, 0.25) is 11.8 Å². The van der Waals surface area contributed by atoms with E-state index in [0.29, 0.717) is 24.6 Å². The Morgan fingerprint density at radius 2 is 1.85 bits per heavy atom. The molecule has 0 aliphatic carbocycles. The smallest absolute Gasteiger partial charge is 0.242 e. The molecule has 1 saturated heterocycles. The van der Waals surface area contributed by atoms with Crippen molar-refractivity contribution in [2.75, 3.05) is 33.9 Å². The zero-order chi connectivity index (χ0) is 23.7. The Bertz CT molecular complexity index is 1260. The Kier molecular flexibility index (Phi) is 5.91. The number of methoxy groups -OCH3 is 2.